The number of rotatable bonds is 20. The molecule has 1 fully saturated rings. The summed E-state index contributed by atoms with van der Waals surface area (Å²) in [6.45, 7) is 9.11. The number of nitrogens with one attached hydrogen (secondary N) is 2. The molecule has 1 saturated heterocycles. The van der Waals surface area contributed by atoms with Crippen LogP contribution in [-0.4, -0.2) is 83.2 Å². The van der Waals surface area contributed by atoms with Crippen molar-refractivity contribution in [2.24, 2.45) is 0 Å². The number of carbonyl (C=O) groups is 4. The lowest BCUT2D eigenvalue weighted by atomic mass is 9.95. The molecule has 2 aromatic rings. The summed E-state index contributed by atoms with van der Waals surface area (Å²) in [5, 5.41) is 20.2. The summed E-state index contributed by atoms with van der Waals surface area (Å²) >= 11 is 0. The molecule has 0 spiro atoms. The van der Waals surface area contributed by atoms with E-state index in [-0.39, 0.29) is 26.1 Å². The minimum absolute atomic E-state index is 0.0602. The molecule has 0 radical (unpaired) electrons. The van der Waals surface area contributed by atoms with Gasteiger partial charge in [-0.15, -0.1) is 0 Å². The van der Waals surface area contributed by atoms with E-state index in [2.05, 4.69) is 15.3 Å². The highest BCUT2D eigenvalue weighted by atomic mass is 31.2. The Morgan fingerprint density at radius 2 is 1.55 bits per heavy atom. The second kappa shape index (κ2) is 19.0. The number of nitrogen functional groups attached to an aromatic ring is 1. The van der Waals surface area contributed by atoms with Gasteiger partial charge in [-0.3, -0.25) is 23.7 Å². The van der Waals surface area contributed by atoms with Gasteiger partial charge in [-0.2, -0.15) is 10.4 Å². The highest BCUT2D eigenvalue weighted by Crippen LogP contribution is 2.48. The van der Waals surface area contributed by atoms with Crippen LogP contribution in [0, 0.1) is 11.3 Å². The molecule has 0 amide bonds. The maximum absolute atomic E-state index is 14.5. The van der Waals surface area contributed by atoms with Crippen LogP contribution in [0.5, 0.6) is 0 Å². The molecule has 3 rings (SSSR count). The molecule has 0 saturated carbocycles. The van der Waals surface area contributed by atoms with Crippen LogP contribution in [0.2, 0.25) is 0 Å². The number of nitrogens with two attached hydrogens (primary N) is 1. The zero-order valence-electron chi connectivity index (χ0n) is 29.9. The molecule has 1 aliphatic rings. The zero-order chi connectivity index (χ0) is 37.8. The van der Waals surface area contributed by atoms with Gasteiger partial charge >= 0.3 is 31.5 Å². The van der Waals surface area contributed by atoms with Crippen molar-refractivity contribution in [3.63, 3.8) is 0 Å². The predicted octanol–water partition coefficient (Wildman–Crippen LogP) is 3.66. The fourth-order valence-electron chi connectivity index (χ4n) is 5.07. The van der Waals surface area contributed by atoms with E-state index < -0.39 is 74.2 Å². The first-order valence-corrected chi connectivity index (χ1v) is 18.7. The first kappa shape index (κ1) is 41.4. The first-order chi connectivity index (χ1) is 24.3. The lowest BCUT2D eigenvalue weighted by molar-refractivity contribution is -0.169. The van der Waals surface area contributed by atoms with Crippen LogP contribution in [0.15, 0.2) is 24.4 Å². The zero-order valence-corrected chi connectivity index (χ0v) is 30.8. The molecule has 17 nitrogen and oxygen atoms in total. The van der Waals surface area contributed by atoms with Gasteiger partial charge in [0.25, 0.3) is 0 Å². The summed E-state index contributed by atoms with van der Waals surface area (Å²) < 4.78 is 50.2. The first-order valence-electron chi connectivity index (χ1n) is 17.1. The van der Waals surface area contributed by atoms with Gasteiger partial charge in [-0.25, -0.2) is 14.7 Å². The van der Waals surface area contributed by atoms with Crippen molar-refractivity contribution in [3.05, 3.63) is 30.1 Å². The van der Waals surface area contributed by atoms with Gasteiger partial charge in [-0.05, 0) is 44.9 Å². The fourth-order valence-corrected chi connectivity index (χ4v) is 6.90. The Bertz CT molecular complexity index is 1580. The average Bonchev–Trinajstić information content (AvgIpc) is 3.67. The Balaban J connectivity index is 2.05. The van der Waals surface area contributed by atoms with E-state index >= 15 is 0 Å². The van der Waals surface area contributed by atoms with Crippen molar-refractivity contribution < 1.29 is 52.0 Å². The van der Waals surface area contributed by atoms with Crippen LogP contribution in [0.1, 0.15) is 91.9 Å². The molecule has 0 aliphatic carbocycles. The van der Waals surface area contributed by atoms with Crippen molar-refractivity contribution >= 4 is 42.8 Å². The Kier molecular flexibility index (Phi) is 15.4. The number of aromatic nitrogens is 2. The number of esters is 4. The average molecular weight is 737 g/mol. The largest absolute Gasteiger partial charge is 0.465 e. The number of hydrogen-bond donors (Lipinski definition) is 3. The van der Waals surface area contributed by atoms with Crippen molar-refractivity contribution in [3.8, 4) is 6.07 Å². The molecule has 6 atom stereocenters. The number of nitriles is 1. The third kappa shape index (κ3) is 10.5. The summed E-state index contributed by atoms with van der Waals surface area (Å²) in [5.41, 5.74) is 5.05. The lowest BCUT2D eigenvalue weighted by Crippen LogP contribution is -2.50. The summed E-state index contributed by atoms with van der Waals surface area (Å²) in [6.07, 6.45) is -0.251. The molecular weight excluding hydrogens is 687 g/mol. The molecule has 18 heteroatoms. The van der Waals surface area contributed by atoms with Gasteiger partial charge in [0.15, 0.2) is 12.2 Å². The topological polar surface area (TPSA) is 232 Å². The van der Waals surface area contributed by atoms with Gasteiger partial charge in [0.1, 0.15) is 30.9 Å². The molecule has 0 bridgehead atoms. The third-order valence-corrected chi connectivity index (χ3v) is 9.92. The second-order valence-corrected chi connectivity index (χ2v) is 13.9. The second-order valence-electron chi connectivity index (χ2n) is 12.0. The Morgan fingerprint density at radius 3 is 2.08 bits per heavy atom. The fraction of sp³-hybridized carbons (Fsp3) is 0.636. The Morgan fingerprint density at radius 1 is 0.980 bits per heavy atom. The highest BCUT2D eigenvalue weighted by Gasteiger charge is 2.62. The van der Waals surface area contributed by atoms with Gasteiger partial charge in [0.2, 0.25) is 5.60 Å². The van der Waals surface area contributed by atoms with Crippen molar-refractivity contribution in [2.45, 2.75) is 116 Å². The number of hydrogen-bond acceptors (Lipinski definition) is 14. The maximum atomic E-state index is 14.5. The molecular formula is C33H49N6O11P. The monoisotopic (exact) mass is 736 g/mol. The number of ether oxygens (including phenoxy) is 5. The quantitative estimate of drug-likeness (QED) is 0.0762. The SMILES string of the molecule is CCCCOC(=O)[C@H](C)NP(=O)(N[C@@H](C)C(=O)OCCCC)OC[C@@]1(C#N)O[C@@H](c2ccc3c(N)ccnn23)[C@H](OC(=O)CC)[C@@H]1OC(=O)CC. The number of anilines is 1. The van der Waals surface area contributed by atoms with E-state index in [9.17, 15) is 29.0 Å². The van der Waals surface area contributed by atoms with Gasteiger partial charge in [0, 0.05) is 19.0 Å². The van der Waals surface area contributed by atoms with Crippen molar-refractivity contribution in [1.82, 2.24) is 19.8 Å². The standard InChI is InChI=1S/C33H49N6O11P/c1-7-11-17-45-31(42)21(5)37-51(44,38-22(6)32(43)46-18-12-8-2)47-20-33(19-34)30(49-27(41)10-4)29(48-26(40)9-3)28(50-33)25-14-13-24-23(35)15-16-36-39(24)25/h13-16,21-22,28-30H,7-12,17-18,20,35H2,1-6H3,(H2,37,38,44)/t21-,22-,28-,29-,30-,33+/m0/s1. The Hall–Kier alpha value is -4.07. The number of fused-ring (bicyclic) bond motifs is 1. The molecule has 282 valence electrons. The van der Waals surface area contributed by atoms with Gasteiger partial charge in [-0.1, -0.05) is 40.5 Å². The molecule has 0 unspecified atom stereocenters. The van der Waals surface area contributed by atoms with Crippen molar-refractivity contribution in [1.29, 1.82) is 5.26 Å². The number of carbonyl (C=O) groups excluding carboxylic acids is 4. The molecule has 51 heavy (non-hydrogen) atoms. The van der Waals surface area contributed by atoms with Crippen LogP contribution in [0.3, 0.4) is 0 Å². The van der Waals surface area contributed by atoms with Crippen LogP contribution in [0.4, 0.5) is 5.69 Å². The maximum Gasteiger partial charge on any atom is 0.342 e. The van der Waals surface area contributed by atoms with Crippen LogP contribution < -0.4 is 15.9 Å². The third-order valence-electron chi connectivity index (χ3n) is 7.97. The van der Waals surface area contributed by atoms with Gasteiger partial charge < -0.3 is 33.9 Å². The normalized spacial score (nSPS) is 21.4. The molecule has 0 aromatic carbocycles. The Labute approximate surface area is 297 Å². The van der Waals surface area contributed by atoms with E-state index in [1.165, 1.54) is 31.5 Å². The molecule has 3 heterocycles. The number of nitrogens with zero attached hydrogens (tertiary/aromatic N) is 3. The number of unbranched alkanes of at least 4 members (excludes halogenated alkanes) is 2. The molecule has 4 N–H and O–H groups in total. The summed E-state index contributed by atoms with van der Waals surface area (Å²) in [6, 6.07) is 4.41. The van der Waals surface area contributed by atoms with Crippen LogP contribution in [-0.2, 0) is 52.0 Å². The summed E-state index contributed by atoms with van der Waals surface area (Å²) in [5.74, 6) is -2.93. The lowest BCUT2D eigenvalue weighted by Gasteiger charge is -2.31. The van der Waals surface area contributed by atoms with E-state index in [0.717, 1.165) is 12.8 Å². The smallest absolute Gasteiger partial charge is 0.342 e. The van der Waals surface area contributed by atoms with E-state index in [0.29, 0.717) is 29.7 Å². The van der Waals surface area contributed by atoms with E-state index in [4.69, 9.17) is 33.9 Å². The summed E-state index contributed by atoms with van der Waals surface area (Å²) in [4.78, 5) is 51.1. The highest BCUT2D eigenvalue weighted by molar-refractivity contribution is 7.54. The minimum atomic E-state index is -4.49. The van der Waals surface area contributed by atoms with Crippen LogP contribution in [0.25, 0.3) is 5.52 Å². The van der Waals surface area contributed by atoms with E-state index in [1.807, 2.05) is 19.9 Å². The van der Waals surface area contributed by atoms with Crippen LogP contribution >= 0.6 is 7.67 Å². The minimum Gasteiger partial charge on any atom is -0.465 e. The summed E-state index contributed by atoms with van der Waals surface area (Å²) in [7, 11) is -4.49. The molecule has 2 aromatic heterocycles. The van der Waals surface area contributed by atoms with Crippen molar-refractivity contribution in [2.75, 3.05) is 25.6 Å². The van der Waals surface area contributed by atoms with Gasteiger partial charge in [0.05, 0.1) is 30.1 Å². The molecule has 1 aliphatic heterocycles. The predicted molar refractivity (Wildman–Crippen MR) is 183 cm³/mol. The van der Waals surface area contributed by atoms with E-state index in [1.54, 1.807) is 25.1 Å².